The van der Waals surface area contributed by atoms with Gasteiger partial charge in [0.15, 0.2) is 0 Å². The maximum Gasteiger partial charge on any atom is 0.337 e. The lowest BCUT2D eigenvalue weighted by molar-refractivity contribution is 0.0600. The number of esters is 1. The van der Waals surface area contributed by atoms with Crippen LogP contribution in [-0.2, 0) is 4.74 Å². The van der Waals surface area contributed by atoms with Crippen LogP contribution in [0.25, 0.3) is 0 Å². The van der Waals surface area contributed by atoms with E-state index in [0.717, 1.165) is 0 Å². The van der Waals surface area contributed by atoms with E-state index in [9.17, 15) is 9.59 Å². The van der Waals surface area contributed by atoms with Gasteiger partial charge < -0.3 is 15.2 Å². The molecule has 0 saturated carbocycles. The van der Waals surface area contributed by atoms with Crippen molar-refractivity contribution >= 4 is 11.9 Å². The molecule has 0 aliphatic carbocycles. The third-order valence-electron chi connectivity index (χ3n) is 2.51. The van der Waals surface area contributed by atoms with Crippen LogP contribution in [0.5, 0.6) is 11.6 Å². The molecule has 2 N–H and O–H groups in total. The molecule has 1 aromatic heterocycles. The molecule has 2 aromatic rings. The molecule has 1 aromatic carbocycles. The zero-order valence-corrected chi connectivity index (χ0v) is 10.7. The summed E-state index contributed by atoms with van der Waals surface area (Å²) in [6, 6.07) is 9.43. The Hall–Kier alpha value is -2.89. The van der Waals surface area contributed by atoms with E-state index < -0.39 is 11.9 Å². The second-order valence-corrected chi connectivity index (χ2v) is 3.84. The molecule has 2 rings (SSSR count). The Morgan fingerprint density at radius 1 is 1.20 bits per heavy atom. The quantitative estimate of drug-likeness (QED) is 0.856. The number of rotatable bonds is 4. The fourth-order valence-corrected chi connectivity index (χ4v) is 1.58. The fourth-order valence-electron chi connectivity index (χ4n) is 1.58. The monoisotopic (exact) mass is 272 g/mol. The number of ether oxygens (including phenoxy) is 2. The molecule has 6 nitrogen and oxygen atoms in total. The number of benzene rings is 1. The van der Waals surface area contributed by atoms with Gasteiger partial charge in [0, 0.05) is 6.20 Å². The minimum absolute atomic E-state index is 0.0852. The lowest BCUT2D eigenvalue weighted by Crippen LogP contribution is -2.12. The molecule has 20 heavy (non-hydrogen) atoms. The highest BCUT2D eigenvalue weighted by molar-refractivity contribution is 5.95. The molecule has 1 amide bonds. The number of hydrogen-bond donors (Lipinski definition) is 1. The third-order valence-corrected chi connectivity index (χ3v) is 2.51. The van der Waals surface area contributed by atoms with Crippen molar-refractivity contribution in [2.75, 3.05) is 7.11 Å². The molecular formula is C14H12N2O4. The summed E-state index contributed by atoms with van der Waals surface area (Å²) in [6.07, 6.45) is 1.48. The average Bonchev–Trinajstić information content (AvgIpc) is 2.47. The number of nitrogens with zero attached hydrogens (tertiary/aromatic N) is 1. The zero-order valence-electron chi connectivity index (χ0n) is 10.7. The number of carbonyl (C=O) groups is 2. The first-order valence-electron chi connectivity index (χ1n) is 5.73. The molecule has 0 aliphatic rings. The largest absolute Gasteiger partial charge is 0.465 e. The molecule has 1 heterocycles. The Morgan fingerprint density at radius 2 is 2.00 bits per heavy atom. The first-order valence-corrected chi connectivity index (χ1v) is 5.73. The molecule has 6 heteroatoms. The Balaban J connectivity index is 2.31. The van der Waals surface area contributed by atoms with Crippen molar-refractivity contribution < 1.29 is 19.1 Å². The molecule has 0 aliphatic heterocycles. The van der Waals surface area contributed by atoms with Gasteiger partial charge in [-0.05, 0) is 30.3 Å². The number of aromatic nitrogens is 1. The number of nitrogens with two attached hydrogens (primary N) is 1. The number of carbonyl (C=O) groups excluding carboxylic acids is 2. The summed E-state index contributed by atoms with van der Waals surface area (Å²) in [5.74, 6) is -0.681. The third kappa shape index (κ3) is 2.92. The second kappa shape index (κ2) is 5.83. The number of hydrogen-bond acceptors (Lipinski definition) is 5. The van der Waals surface area contributed by atoms with Gasteiger partial charge in [0.1, 0.15) is 11.3 Å². The van der Waals surface area contributed by atoms with E-state index in [2.05, 4.69) is 9.72 Å². The van der Waals surface area contributed by atoms with Crippen molar-refractivity contribution in [2.24, 2.45) is 5.73 Å². The number of primary amides is 1. The van der Waals surface area contributed by atoms with E-state index in [1.165, 1.54) is 25.4 Å². The van der Waals surface area contributed by atoms with Crippen molar-refractivity contribution in [1.29, 1.82) is 0 Å². The summed E-state index contributed by atoms with van der Waals surface area (Å²) in [5, 5.41) is 0. The van der Waals surface area contributed by atoms with Crippen molar-refractivity contribution in [1.82, 2.24) is 4.98 Å². The summed E-state index contributed by atoms with van der Waals surface area (Å²) in [4.78, 5) is 26.6. The highest BCUT2D eigenvalue weighted by Gasteiger charge is 2.12. The summed E-state index contributed by atoms with van der Waals surface area (Å²) >= 11 is 0. The minimum atomic E-state index is -0.641. The predicted octanol–water partition coefficient (Wildman–Crippen LogP) is 1.76. The Morgan fingerprint density at radius 3 is 2.70 bits per heavy atom. The van der Waals surface area contributed by atoms with Gasteiger partial charge in [-0.25, -0.2) is 9.78 Å². The van der Waals surface area contributed by atoms with Crippen LogP contribution in [0.15, 0.2) is 42.6 Å². The van der Waals surface area contributed by atoms with Crippen LogP contribution in [0.4, 0.5) is 0 Å². The second-order valence-electron chi connectivity index (χ2n) is 3.84. The highest BCUT2D eigenvalue weighted by atomic mass is 16.5. The van der Waals surface area contributed by atoms with Gasteiger partial charge in [0.2, 0.25) is 5.88 Å². The van der Waals surface area contributed by atoms with Crippen LogP contribution in [0.2, 0.25) is 0 Å². The number of amides is 1. The number of methoxy groups -OCH3 is 1. The van der Waals surface area contributed by atoms with Crippen LogP contribution >= 0.6 is 0 Å². The molecule has 0 unspecified atom stereocenters. The van der Waals surface area contributed by atoms with Crippen LogP contribution in [0.1, 0.15) is 20.7 Å². The van der Waals surface area contributed by atoms with Gasteiger partial charge in [-0.15, -0.1) is 0 Å². The van der Waals surface area contributed by atoms with Gasteiger partial charge in [0.25, 0.3) is 5.91 Å². The van der Waals surface area contributed by atoms with E-state index in [0.29, 0.717) is 11.3 Å². The maximum absolute atomic E-state index is 11.4. The molecule has 0 spiro atoms. The van der Waals surface area contributed by atoms with Crippen LogP contribution in [-0.4, -0.2) is 24.0 Å². The molecule has 102 valence electrons. The fraction of sp³-hybridized carbons (Fsp3) is 0.0714. The Bertz CT molecular complexity index is 655. The average molecular weight is 272 g/mol. The molecule has 0 saturated heterocycles. The molecule has 0 radical (unpaired) electrons. The summed E-state index contributed by atoms with van der Waals surface area (Å²) in [6.45, 7) is 0. The minimum Gasteiger partial charge on any atom is -0.465 e. The smallest absolute Gasteiger partial charge is 0.337 e. The Kier molecular flexibility index (Phi) is 3.95. The normalized spacial score (nSPS) is 9.85. The SMILES string of the molecule is COC(=O)c1cccc(Oc2ncccc2C(N)=O)c1. The van der Waals surface area contributed by atoms with Crippen LogP contribution in [0.3, 0.4) is 0 Å². The Labute approximate surface area is 115 Å². The van der Waals surface area contributed by atoms with Gasteiger partial charge in [0.05, 0.1) is 12.7 Å². The van der Waals surface area contributed by atoms with E-state index in [4.69, 9.17) is 10.5 Å². The zero-order chi connectivity index (χ0) is 14.5. The van der Waals surface area contributed by atoms with Gasteiger partial charge >= 0.3 is 5.97 Å². The lowest BCUT2D eigenvalue weighted by atomic mass is 10.2. The van der Waals surface area contributed by atoms with Crippen LogP contribution in [0, 0.1) is 0 Å². The molecule has 0 atom stereocenters. The van der Waals surface area contributed by atoms with E-state index in [1.54, 1.807) is 24.3 Å². The number of pyridine rings is 1. The molecule has 0 bridgehead atoms. The molecular weight excluding hydrogens is 260 g/mol. The van der Waals surface area contributed by atoms with Crippen molar-refractivity contribution in [3.63, 3.8) is 0 Å². The van der Waals surface area contributed by atoms with E-state index >= 15 is 0 Å². The van der Waals surface area contributed by atoms with E-state index in [1.807, 2.05) is 0 Å². The summed E-state index contributed by atoms with van der Waals surface area (Å²) < 4.78 is 10.1. The maximum atomic E-state index is 11.4. The van der Waals surface area contributed by atoms with E-state index in [-0.39, 0.29) is 11.4 Å². The highest BCUT2D eigenvalue weighted by Crippen LogP contribution is 2.23. The van der Waals surface area contributed by atoms with Crippen molar-refractivity contribution in [3.05, 3.63) is 53.7 Å². The first kappa shape index (κ1) is 13.5. The lowest BCUT2D eigenvalue weighted by Gasteiger charge is -2.08. The standard InChI is InChI=1S/C14H12N2O4/c1-19-14(18)9-4-2-5-10(8-9)20-13-11(12(15)17)6-3-7-16-13/h2-8H,1H3,(H2,15,17). The summed E-state index contributed by atoms with van der Waals surface area (Å²) in [5.41, 5.74) is 5.73. The van der Waals surface area contributed by atoms with Crippen molar-refractivity contribution in [2.45, 2.75) is 0 Å². The van der Waals surface area contributed by atoms with Gasteiger partial charge in [-0.3, -0.25) is 4.79 Å². The van der Waals surface area contributed by atoms with Crippen molar-refractivity contribution in [3.8, 4) is 11.6 Å². The van der Waals surface area contributed by atoms with Gasteiger partial charge in [-0.1, -0.05) is 6.07 Å². The topological polar surface area (TPSA) is 91.5 Å². The van der Waals surface area contributed by atoms with Crippen LogP contribution < -0.4 is 10.5 Å². The first-order chi connectivity index (χ1) is 9.61. The van der Waals surface area contributed by atoms with Gasteiger partial charge in [-0.2, -0.15) is 0 Å². The molecule has 0 fully saturated rings. The summed E-state index contributed by atoms with van der Waals surface area (Å²) in [7, 11) is 1.29. The predicted molar refractivity (Wildman–Crippen MR) is 70.6 cm³/mol.